The van der Waals surface area contributed by atoms with Gasteiger partial charge in [-0.1, -0.05) is 18.2 Å². The number of carbonyl (C=O) groups is 1. The number of allylic oxidation sites excluding steroid dienone is 1. The van der Waals surface area contributed by atoms with Gasteiger partial charge in [-0.25, -0.2) is 4.98 Å². The molecule has 0 radical (unpaired) electrons. The molecule has 4 nitrogen and oxygen atoms in total. The normalized spacial score (nSPS) is 16.4. The Bertz CT molecular complexity index is 638. The minimum Gasteiger partial charge on any atom is -0.318 e. The molecule has 2 heterocycles. The van der Waals surface area contributed by atoms with E-state index in [1.807, 2.05) is 34.9 Å². The SMILES string of the molecule is C=CCn1c(C(=O)C2CCNCC2)nc2ccccc21. The molecule has 20 heavy (non-hydrogen) atoms. The first-order chi connectivity index (χ1) is 9.81. The predicted molar refractivity (Wildman–Crippen MR) is 79.9 cm³/mol. The quantitative estimate of drug-likeness (QED) is 0.685. The van der Waals surface area contributed by atoms with E-state index in [1.165, 1.54) is 0 Å². The van der Waals surface area contributed by atoms with Gasteiger partial charge < -0.3 is 9.88 Å². The molecule has 1 fully saturated rings. The van der Waals surface area contributed by atoms with Crippen molar-refractivity contribution >= 4 is 16.8 Å². The Labute approximate surface area is 118 Å². The summed E-state index contributed by atoms with van der Waals surface area (Å²) in [5.74, 6) is 0.846. The van der Waals surface area contributed by atoms with E-state index in [9.17, 15) is 4.79 Å². The third-order valence-corrected chi connectivity index (χ3v) is 3.90. The Morgan fingerprint density at radius 1 is 1.40 bits per heavy atom. The van der Waals surface area contributed by atoms with Gasteiger partial charge in [0.15, 0.2) is 5.82 Å². The lowest BCUT2D eigenvalue weighted by atomic mass is 9.93. The standard InChI is InChI=1S/C16H19N3O/c1-2-11-19-14-6-4-3-5-13(14)18-16(19)15(20)12-7-9-17-10-8-12/h2-6,12,17H,1,7-11H2. The number of hydrogen-bond donors (Lipinski definition) is 1. The summed E-state index contributed by atoms with van der Waals surface area (Å²) in [6, 6.07) is 7.88. The number of benzene rings is 1. The van der Waals surface area contributed by atoms with Crippen LogP contribution in [0.4, 0.5) is 0 Å². The Balaban J connectivity index is 2.02. The van der Waals surface area contributed by atoms with Crippen LogP contribution < -0.4 is 5.32 Å². The number of fused-ring (bicyclic) bond motifs is 1. The van der Waals surface area contributed by atoms with E-state index in [1.54, 1.807) is 0 Å². The molecule has 3 rings (SSSR count). The van der Waals surface area contributed by atoms with Crippen molar-refractivity contribution < 1.29 is 4.79 Å². The minimum atomic E-state index is 0.0941. The fourth-order valence-corrected chi connectivity index (χ4v) is 2.84. The van der Waals surface area contributed by atoms with Gasteiger partial charge in [-0.15, -0.1) is 6.58 Å². The van der Waals surface area contributed by atoms with Crippen molar-refractivity contribution in [1.29, 1.82) is 0 Å². The number of imidazole rings is 1. The molecule has 0 spiro atoms. The number of carbonyl (C=O) groups excluding carboxylic acids is 1. The third kappa shape index (κ3) is 2.27. The number of Topliss-reactive ketones (excluding diaryl/α,β-unsaturated/α-hetero) is 1. The van der Waals surface area contributed by atoms with Crippen LogP contribution in [0.15, 0.2) is 36.9 Å². The second-order valence-corrected chi connectivity index (χ2v) is 5.21. The maximum Gasteiger partial charge on any atom is 0.201 e. The number of piperidine rings is 1. The van der Waals surface area contributed by atoms with E-state index in [-0.39, 0.29) is 11.7 Å². The monoisotopic (exact) mass is 269 g/mol. The van der Waals surface area contributed by atoms with Gasteiger partial charge in [-0.3, -0.25) is 4.79 Å². The highest BCUT2D eigenvalue weighted by Crippen LogP contribution is 2.22. The molecular formula is C16H19N3O. The zero-order valence-corrected chi connectivity index (χ0v) is 11.5. The number of nitrogens with one attached hydrogen (secondary N) is 1. The topological polar surface area (TPSA) is 46.9 Å². The van der Waals surface area contributed by atoms with E-state index in [0.29, 0.717) is 12.4 Å². The highest BCUT2D eigenvalue weighted by atomic mass is 16.1. The lowest BCUT2D eigenvalue weighted by molar-refractivity contribution is 0.0881. The molecule has 0 atom stereocenters. The lowest BCUT2D eigenvalue weighted by Crippen LogP contribution is -2.33. The van der Waals surface area contributed by atoms with Crippen molar-refractivity contribution in [1.82, 2.24) is 14.9 Å². The van der Waals surface area contributed by atoms with Gasteiger partial charge in [0.1, 0.15) is 0 Å². The van der Waals surface area contributed by atoms with Crippen molar-refractivity contribution in [3.63, 3.8) is 0 Å². The Hall–Kier alpha value is -1.94. The number of para-hydroxylation sites is 2. The number of nitrogens with zero attached hydrogens (tertiary/aromatic N) is 2. The maximum atomic E-state index is 12.7. The second-order valence-electron chi connectivity index (χ2n) is 5.21. The van der Waals surface area contributed by atoms with Crippen molar-refractivity contribution in [2.24, 2.45) is 5.92 Å². The van der Waals surface area contributed by atoms with Crippen LogP contribution in [0.2, 0.25) is 0 Å². The Morgan fingerprint density at radius 2 is 2.15 bits per heavy atom. The van der Waals surface area contributed by atoms with Crippen LogP contribution in [0.1, 0.15) is 23.5 Å². The number of ketones is 1. The third-order valence-electron chi connectivity index (χ3n) is 3.90. The van der Waals surface area contributed by atoms with E-state index >= 15 is 0 Å². The molecule has 0 bridgehead atoms. The van der Waals surface area contributed by atoms with Crippen LogP contribution >= 0.6 is 0 Å². The van der Waals surface area contributed by atoms with Crippen molar-refractivity contribution in [3.8, 4) is 0 Å². The molecule has 1 aliphatic heterocycles. The zero-order valence-electron chi connectivity index (χ0n) is 11.5. The van der Waals surface area contributed by atoms with Gasteiger partial charge in [0, 0.05) is 12.5 Å². The predicted octanol–water partition coefficient (Wildman–Crippen LogP) is 2.40. The van der Waals surface area contributed by atoms with Crippen LogP contribution in [0, 0.1) is 5.92 Å². The van der Waals surface area contributed by atoms with Crippen LogP contribution in [0.3, 0.4) is 0 Å². The summed E-state index contributed by atoms with van der Waals surface area (Å²) >= 11 is 0. The van der Waals surface area contributed by atoms with Gasteiger partial charge >= 0.3 is 0 Å². The van der Waals surface area contributed by atoms with Crippen molar-refractivity contribution in [3.05, 3.63) is 42.7 Å². The van der Waals surface area contributed by atoms with Crippen LogP contribution in [0.25, 0.3) is 11.0 Å². The highest BCUT2D eigenvalue weighted by molar-refractivity contribution is 5.98. The van der Waals surface area contributed by atoms with Crippen molar-refractivity contribution in [2.45, 2.75) is 19.4 Å². The molecule has 104 valence electrons. The van der Waals surface area contributed by atoms with Gasteiger partial charge in [-0.05, 0) is 38.1 Å². The fourth-order valence-electron chi connectivity index (χ4n) is 2.84. The fraction of sp³-hybridized carbons (Fsp3) is 0.375. The number of rotatable bonds is 4. The first kappa shape index (κ1) is 13.1. The summed E-state index contributed by atoms with van der Waals surface area (Å²) in [6.45, 7) is 6.23. The second kappa shape index (κ2) is 5.59. The first-order valence-electron chi connectivity index (χ1n) is 7.12. The Morgan fingerprint density at radius 3 is 2.90 bits per heavy atom. The minimum absolute atomic E-state index is 0.0941. The number of hydrogen-bond acceptors (Lipinski definition) is 3. The van der Waals surface area contributed by atoms with Gasteiger partial charge in [-0.2, -0.15) is 0 Å². The van der Waals surface area contributed by atoms with Crippen LogP contribution in [-0.4, -0.2) is 28.4 Å². The maximum absolute atomic E-state index is 12.7. The Kier molecular flexibility index (Phi) is 3.65. The summed E-state index contributed by atoms with van der Waals surface area (Å²) in [5.41, 5.74) is 1.89. The molecule has 4 heteroatoms. The lowest BCUT2D eigenvalue weighted by Gasteiger charge is -2.21. The summed E-state index contributed by atoms with van der Waals surface area (Å²) < 4.78 is 1.98. The molecule has 1 aromatic carbocycles. The summed E-state index contributed by atoms with van der Waals surface area (Å²) in [5, 5.41) is 3.29. The molecule has 0 saturated carbocycles. The van der Waals surface area contributed by atoms with E-state index in [2.05, 4.69) is 16.9 Å². The van der Waals surface area contributed by atoms with Gasteiger partial charge in [0.25, 0.3) is 0 Å². The summed E-state index contributed by atoms with van der Waals surface area (Å²) in [4.78, 5) is 17.3. The van der Waals surface area contributed by atoms with E-state index < -0.39 is 0 Å². The zero-order chi connectivity index (χ0) is 13.9. The molecular weight excluding hydrogens is 250 g/mol. The molecule has 1 N–H and O–H groups in total. The highest BCUT2D eigenvalue weighted by Gasteiger charge is 2.26. The first-order valence-corrected chi connectivity index (χ1v) is 7.12. The average molecular weight is 269 g/mol. The summed E-state index contributed by atoms with van der Waals surface area (Å²) in [6.07, 6.45) is 3.61. The van der Waals surface area contributed by atoms with E-state index in [0.717, 1.165) is 37.0 Å². The number of aromatic nitrogens is 2. The molecule has 0 unspecified atom stereocenters. The van der Waals surface area contributed by atoms with Crippen LogP contribution in [0.5, 0.6) is 0 Å². The molecule has 1 aliphatic rings. The molecule has 1 saturated heterocycles. The molecule has 1 aromatic heterocycles. The largest absolute Gasteiger partial charge is 0.318 e. The smallest absolute Gasteiger partial charge is 0.201 e. The van der Waals surface area contributed by atoms with Gasteiger partial charge in [0.05, 0.1) is 11.0 Å². The molecule has 2 aromatic rings. The molecule has 0 amide bonds. The average Bonchev–Trinajstić information content (AvgIpc) is 2.87. The summed E-state index contributed by atoms with van der Waals surface area (Å²) in [7, 11) is 0. The van der Waals surface area contributed by atoms with Crippen LogP contribution in [-0.2, 0) is 6.54 Å². The van der Waals surface area contributed by atoms with Crippen molar-refractivity contribution in [2.75, 3.05) is 13.1 Å². The van der Waals surface area contributed by atoms with E-state index in [4.69, 9.17) is 0 Å². The molecule has 0 aliphatic carbocycles. The van der Waals surface area contributed by atoms with Gasteiger partial charge in [0.2, 0.25) is 5.78 Å².